The number of carbonyl (C=O) groups is 2. The Kier molecular flexibility index (Phi) is 13.6. The number of pyridine rings is 2. The SMILES string of the molecule is C[C@@H](N)C1CCC(C(=O)Nc2ccncc2)CC1.Cc1ccc(NC(=O)c2ccc(CN3CCN(C)CC3)cc2)cc1Nc1nccc(-c2cccnc2)n1. The average molecular weight is 741 g/mol. The number of nitrogens with two attached hydrogens (primary N) is 1. The number of aryl methyl sites for hydroxylation is 1. The molecule has 1 aliphatic heterocycles. The highest BCUT2D eigenvalue weighted by Gasteiger charge is 2.28. The third kappa shape index (κ3) is 11.5. The highest BCUT2D eigenvalue weighted by molar-refractivity contribution is 6.04. The number of hydrogen-bond donors (Lipinski definition) is 4. The van der Waals surface area contributed by atoms with Gasteiger partial charge in [0.1, 0.15) is 0 Å². The van der Waals surface area contributed by atoms with Gasteiger partial charge in [-0.05, 0) is 118 Å². The molecule has 1 aliphatic carbocycles. The first-order valence-electron chi connectivity index (χ1n) is 19.1. The van der Waals surface area contributed by atoms with Crippen LogP contribution in [0, 0.1) is 18.8 Å². The van der Waals surface area contributed by atoms with Gasteiger partial charge in [-0.3, -0.25) is 24.5 Å². The van der Waals surface area contributed by atoms with E-state index in [2.05, 4.69) is 59.7 Å². The smallest absolute Gasteiger partial charge is 0.255 e. The van der Waals surface area contributed by atoms with Crippen LogP contribution in [0.15, 0.2) is 104 Å². The molecule has 2 aliphatic rings. The summed E-state index contributed by atoms with van der Waals surface area (Å²) >= 11 is 0. The van der Waals surface area contributed by atoms with Crippen molar-refractivity contribution in [3.63, 3.8) is 0 Å². The highest BCUT2D eigenvalue weighted by atomic mass is 16.2. The normalized spacial score (nSPS) is 18.0. The molecule has 4 heterocycles. The summed E-state index contributed by atoms with van der Waals surface area (Å²) in [6, 6.07) is 23.2. The van der Waals surface area contributed by atoms with E-state index in [4.69, 9.17) is 5.73 Å². The second kappa shape index (κ2) is 19.2. The van der Waals surface area contributed by atoms with Gasteiger partial charge in [-0.25, -0.2) is 9.97 Å². The lowest BCUT2D eigenvalue weighted by molar-refractivity contribution is -0.121. The summed E-state index contributed by atoms with van der Waals surface area (Å²) in [7, 11) is 2.16. The van der Waals surface area contributed by atoms with Gasteiger partial charge in [-0.15, -0.1) is 0 Å². The topological polar surface area (TPSA) is 154 Å². The van der Waals surface area contributed by atoms with Gasteiger partial charge in [0.2, 0.25) is 11.9 Å². The van der Waals surface area contributed by atoms with Crippen molar-refractivity contribution in [1.82, 2.24) is 29.7 Å². The van der Waals surface area contributed by atoms with Crippen molar-refractivity contribution in [1.29, 1.82) is 0 Å². The third-order valence-corrected chi connectivity index (χ3v) is 10.4. The van der Waals surface area contributed by atoms with Gasteiger partial charge in [0.05, 0.1) is 5.69 Å². The Hall–Kier alpha value is -5.56. The maximum atomic E-state index is 12.9. The van der Waals surface area contributed by atoms with Crippen molar-refractivity contribution < 1.29 is 9.59 Å². The Morgan fingerprint density at radius 2 is 1.58 bits per heavy atom. The van der Waals surface area contributed by atoms with Crippen LogP contribution < -0.4 is 21.7 Å². The van der Waals surface area contributed by atoms with Gasteiger partial charge >= 0.3 is 0 Å². The maximum absolute atomic E-state index is 12.9. The van der Waals surface area contributed by atoms with Crippen LogP contribution in [0.5, 0.6) is 0 Å². The molecule has 2 fully saturated rings. The Morgan fingerprint density at radius 3 is 2.27 bits per heavy atom. The Balaban J connectivity index is 0.000000239. The van der Waals surface area contributed by atoms with Crippen LogP contribution in [0.3, 0.4) is 0 Å². The molecule has 286 valence electrons. The molecule has 5 N–H and O–H groups in total. The Morgan fingerprint density at radius 1 is 0.836 bits per heavy atom. The summed E-state index contributed by atoms with van der Waals surface area (Å²) in [5.41, 5.74) is 12.8. The first-order valence-corrected chi connectivity index (χ1v) is 19.1. The number of nitrogens with one attached hydrogen (secondary N) is 3. The standard InChI is InChI=1S/C29H31N7O.C14H21N3O/c1-21-5-10-25(18-27(21)34-29-31-13-11-26(33-29)24-4-3-12-30-19-24)32-28(37)23-8-6-22(7-9-23)20-36-16-14-35(2)15-17-36;1-10(15)11-2-4-12(5-3-11)14(18)17-13-6-8-16-9-7-13/h3-13,18-19H,14-17,20H2,1-2H3,(H,32,37)(H,31,33,34);6-12H,2-5,15H2,1H3,(H,16,17,18)/t;10-,11?,12?/m.1/s1. The molecule has 2 aromatic carbocycles. The molecular formula is C43H52N10O2. The molecule has 12 heteroatoms. The van der Waals surface area contributed by atoms with Crippen LogP contribution in [-0.4, -0.2) is 80.8 Å². The van der Waals surface area contributed by atoms with Crippen LogP contribution in [0.1, 0.15) is 54.1 Å². The second-order valence-corrected chi connectivity index (χ2v) is 14.6. The van der Waals surface area contributed by atoms with Crippen molar-refractivity contribution in [2.45, 2.75) is 52.1 Å². The number of aromatic nitrogens is 4. The van der Waals surface area contributed by atoms with Gasteiger partial charge < -0.3 is 26.6 Å². The van der Waals surface area contributed by atoms with E-state index in [0.717, 1.165) is 86.6 Å². The lowest BCUT2D eigenvalue weighted by Gasteiger charge is -2.32. The zero-order valence-corrected chi connectivity index (χ0v) is 32.0. The molecule has 1 atom stereocenters. The number of anilines is 4. The quantitative estimate of drug-likeness (QED) is 0.121. The molecule has 1 saturated heterocycles. The minimum Gasteiger partial charge on any atom is -0.328 e. The zero-order valence-electron chi connectivity index (χ0n) is 32.0. The summed E-state index contributed by atoms with van der Waals surface area (Å²) in [4.78, 5) is 46.9. The molecule has 1 saturated carbocycles. The molecule has 7 rings (SSSR count). The summed E-state index contributed by atoms with van der Waals surface area (Å²) in [6.45, 7) is 9.29. The van der Waals surface area contributed by atoms with E-state index in [-0.39, 0.29) is 23.8 Å². The molecule has 0 unspecified atom stereocenters. The highest BCUT2D eigenvalue weighted by Crippen LogP contribution is 2.31. The minimum atomic E-state index is -0.143. The van der Waals surface area contributed by atoms with Crippen LogP contribution in [0.2, 0.25) is 0 Å². The van der Waals surface area contributed by atoms with E-state index in [1.807, 2.05) is 79.7 Å². The number of hydrogen-bond acceptors (Lipinski definition) is 10. The summed E-state index contributed by atoms with van der Waals surface area (Å²) in [6.07, 6.45) is 12.6. The molecular weight excluding hydrogens is 689 g/mol. The molecule has 5 aromatic rings. The van der Waals surface area contributed by atoms with Crippen molar-refractivity contribution in [2.75, 3.05) is 49.2 Å². The van der Waals surface area contributed by atoms with E-state index in [0.29, 0.717) is 23.1 Å². The van der Waals surface area contributed by atoms with Gasteiger partial charge in [-0.2, -0.15) is 0 Å². The molecule has 55 heavy (non-hydrogen) atoms. The van der Waals surface area contributed by atoms with Crippen LogP contribution >= 0.6 is 0 Å². The number of carbonyl (C=O) groups excluding carboxylic acids is 2. The number of piperazine rings is 1. The number of rotatable bonds is 10. The second-order valence-electron chi connectivity index (χ2n) is 14.6. The van der Waals surface area contributed by atoms with Crippen LogP contribution in [0.4, 0.5) is 23.0 Å². The number of amides is 2. The molecule has 2 amide bonds. The van der Waals surface area contributed by atoms with E-state index in [1.54, 1.807) is 31.0 Å². The predicted molar refractivity (Wildman–Crippen MR) is 219 cm³/mol. The number of nitrogens with zero attached hydrogens (tertiary/aromatic N) is 6. The van der Waals surface area contributed by atoms with Gasteiger partial charge in [0.15, 0.2) is 0 Å². The number of benzene rings is 2. The predicted octanol–water partition coefficient (Wildman–Crippen LogP) is 6.76. The van der Waals surface area contributed by atoms with Gasteiger partial charge in [-0.1, -0.05) is 18.2 Å². The molecule has 0 bridgehead atoms. The minimum absolute atomic E-state index is 0.129. The van der Waals surface area contributed by atoms with Crippen molar-refractivity contribution in [2.24, 2.45) is 17.6 Å². The zero-order chi connectivity index (χ0) is 38.6. The molecule has 0 spiro atoms. The van der Waals surface area contributed by atoms with Gasteiger partial charge in [0, 0.05) is 104 Å². The van der Waals surface area contributed by atoms with Crippen LogP contribution in [-0.2, 0) is 11.3 Å². The lowest BCUT2D eigenvalue weighted by Crippen LogP contribution is -2.43. The number of likely N-dealkylation sites (N-methyl/N-ethyl adjacent to an activating group) is 1. The van der Waals surface area contributed by atoms with Crippen LogP contribution in [0.25, 0.3) is 11.3 Å². The fourth-order valence-electron chi connectivity index (χ4n) is 6.86. The van der Waals surface area contributed by atoms with Gasteiger partial charge in [0.25, 0.3) is 5.91 Å². The summed E-state index contributed by atoms with van der Waals surface area (Å²) in [5.74, 6) is 1.17. The van der Waals surface area contributed by atoms with Crippen molar-refractivity contribution in [3.05, 3.63) is 120 Å². The van der Waals surface area contributed by atoms with E-state index in [9.17, 15) is 9.59 Å². The first-order chi connectivity index (χ1) is 26.7. The largest absolute Gasteiger partial charge is 0.328 e. The fraction of sp³-hybridized carbons (Fsp3) is 0.349. The summed E-state index contributed by atoms with van der Waals surface area (Å²) < 4.78 is 0. The average Bonchev–Trinajstić information content (AvgIpc) is 3.21. The third-order valence-electron chi connectivity index (χ3n) is 10.4. The Labute approximate surface area is 324 Å². The maximum Gasteiger partial charge on any atom is 0.255 e. The van der Waals surface area contributed by atoms with E-state index < -0.39 is 0 Å². The fourth-order valence-corrected chi connectivity index (χ4v) is 6.86. The van der Waals surface area contributed by atoms with E-state index >= 15 is 0 Å². The molecule has 12 nitrogen and oxygen atoms in total. The van der Waals surface area contributed by atoms with Crippen molar-refractivity contribution in [3.8, 4) is 11.3 Å². The monoisotopic (exact) mass is 740 g/mol. The first kappa shape index (κ1) is 39.1. The molecule has 3 aromatic heterocycles. The molecule has 0 radical (unpaired) electrons. The lowest BCUT2D eigenvalue weighted by atomic mass is 9.79. The van der Waals surface area contributed by atoms with E-state index in [1.165, 1.54) is 5.56 Å². The Bertz CT molecular complexity index is 1980. The summed E-state index contributed by atoms with van der Waals surface area (Å²) in [5, 5.41) is 9.24. The van der Waals surface area contributed by atoms with Crippen molar-refractivity contribution >= 4 is 34.8 Å².